The number of rotatable bonds is 4. The van der Waals surface area contributed by atoms with Gasteiger partial charge in [0.2, 0.25) is 0 Å². The van der Waals surface area contributed by atoms with Gasteiger partial charge in [-0.25, -0.2) is 4.79 Å². The maximum absolute atomic E-state index is 13.5. The van der Waals surface area contributed by atoms with Crippen molar-refractivity contribution in [1.29, 1.82) is 0 Å². The molecule has 36 heavy (non-hydrogen) atoms. The highest BCUT2D eigenvalue weighted by Crippen LogP contribution is 2.29. The number of carbonyl (C=O) groups excluding carboxylic acids is 3. The van der Waals surface area contributed by atoms with Crippen LogP contribution in [-0.4, -0.2) is 34.6 Å². The zero-order valence-electron chi connectivity index (χ0n) is 21.1. The lowest BCUT2D eigenvalue weighted by atomic mass is 10.0. The Bertz CT molecular complexity index is 1480. The number of methoxy groups -OCH3 is 1. The van der Waals surface area contributed by atoms with Crippen LogP contribution in [0.2, 0.25) is 0 Å². The van der Waals surface area contributed by atoms with E-state index in [2.05, 4.69) is 5.32 Å². The van der Waals surface area contributed by atoms with Crippen LogP contribution >= 0.6 is 12.2 Å². The minimum absolute atomic E-state index is 0.0103. The predicted octanol–water partition coefficient (Wildman–Crippen LogP) is 4.64. The van der Waals surface area contributed by atoms with Crippen molar-refractivity contribution < 1.29 is 19.1 Å². The molecule has 0 radical (unpaired) electrons. The number of aromatic nitrogens is 1. The Morgan fingerprint density at radius 1 is 1.00 bits per heavy atom. The third-order valence-corrected chi connectivity index (χ3v) is 6.70. The van der Waals surface area contributed by atoms with E-state index in [1.165, 1.54) is 12.0 Å². The normalized spacial score (nSPS) is 14.9. The van der Waals surface area contributed by atoms with Crippen LogP contribution in [0.4, 0.5) is 5.69 Å². The van der Waals surface area contributed by atoms with E-state index in [-0.39, 0.29) is 10.7 Å². The molecule has 2 heterocycles. The average Bonchev–Trinajstić information content (AvgIpc) is 3.10. The molecule has 0 spiro atoms. The Morgan fingerprint density at radius 2 is 1.72 bits per heavy atom. The van der Waals surface area contributed by atoms with Crippen LogP contribution in [0.5, 0.6) is 0 Å². The summed E-state index contributed by atoms with van der Waals surface area (Å²) in [6.07, 6.45) is 1.59. The topological polar surface area (TPSA) is 80.6 Å². The van der Waals surface area contributed by atoms with E-state index in [0.717, 1.165) is 33.8 Å². The maximum atomic E-state index is 13.5. The second kappa shape index (κ2) is 9.54. The first-order valence-corrected chi connectivity index (χ1v) is 11.8. The van der Waals surface area contributed by atoms with Gasteiger partial charge in [0, 0.05) is 17.1 Å². The third-order valence-electron chi connectivity index (χ3n) is 6.42. The first-order chi connectivity index (χ1) is 17.0. The summed E-state index contributed by atoms with van der Waals surface area (Å²) in [6, 6.07) is 13.0. The van der Waals surface area contributed by atoms with Crippen LogP contribution in [0.15, 0.2) is 48.0 Å². The van der Waals surface area contributed by atoms with E-state index in [9.17, 15) is 14.4 Å². The Kier molecular flexibility index (Phi) is 6.65. The van der Waals surface area contributed by atoms with Crippen LogP contribution in [0, 0.1) is 34.6 Å². The third kappa shape index (κ3) is 4.24. The molecule has 1 aliphatic heterocycles. The van der Waals surface area contributed by atoms with E-state index < -0.39 is 17.8 Å². The molecule has 3 aromatic rings. The highest BCUT2D eigenvalue weighted by molar-refractivity contribution is 7.80. The van der Waals surface area contributed by atoms with Gasteiger partial charge in [-0.3, -0.25) is 19.8 Å². The molecule has 0 unspecified atom stereocenters. The molecule has 0 saturated carbocycles. The van der Waals surface area contributed by atoms with E-state index in [1.807, 2.05) is 69.5 Å². The number of esters is 1. The quantitative estimate of drug-likeness (QED) is 0.244. The fourth-order valence-corrected chi connectivity index (χ4v) is 4.86. The van der Waals surface area contributed by atoms with Gasteiger partial charge >= 0.3 is 5.97 Å². The van der Waals surface area contributed by atoms with Gasteiger partial charge in [0.1, 0.15) is 5.57 Å². The predicted molar refractivity (Wildman–Crippen MR) is 143 cm³/mol. The van der Waals surface area contributed by atoms with Crippen LogP contribution in [0.3, 0.4) is 0 Å². The van der Waals surface area contributed by atoms with Gasteiger partial charge in [0.15, 0.2) is 5.11 Å². The second-order valence-corrected chi connectivity index (χ2v) is 9.24. The van der Waals surface area contributed by atoms with Crippen molar-refractivity contribution >= 4 is 46.9 Å². The molecule has 1 fully saturated rings. The smallest absolute Gasteiger partial charge is 0.338 e. The van der Waals surface area contributed by atoms with E-state index in [4.69, 9.17) is 17.0 Å². The van der Waals surface area contributed by atoms with Gasteiger partial charge in [0.05, 0.1) is 18.4 Å². The minimum Gasteiger partial charge on any atom is -0.465 e. The van der Waals surface area contributed by atoms with Crippen LogP contribution in [-0.2, 0) is 14.3 Å². The number of hydrogen-bond donors (Lipinski definition) is 1. The molecule has 0 bridgehead atoms. The Balaban J connectivity index is 1.80. The van der Waals surface area contributed by atoms with Crippen molar-refractivity contribution in [1.82, 2.24) is 9.88 Å². The zero-order valence-corrected chi connectivity index (χ0v) is 21.9. The highest BCUT2D eigenvalue weighted by Gasteiger charge is 2.35. The first-order valence-electron chi connectivity index (χ1n) is 11.4. The number of carbonyl (C=O) groups is 3. The number of amides is 2. The van der Waals surface area contributed by atoms with Crippen LogP contribution < -0.4 is 10.2 Å². The summed E-state index contributed by atoms with van der Waals surface area (Å²) >= 11 is 5.35. The number of ether oxygens (including phenoxy) is 1. The van der Waals surface area contributed by atoms with E-state index >= 15 is 0 Å². The van der Waals surface area contributed by atoms with Crippen LogP contribution in [0.25, 0.3) is 11.8 Å². The molecule has 1 aromatic heterocycles. The van der Waals surface area contributed by atoms with Crippen molar-refractivity contribution in [3.8, 4) is 5.69 Å². The molecular formula is C28H27N3O4S. The molecule has 1 aliphatic rings. The Morgan fingerprint density at radius 3 is 2.39 bits per heavy atom. The summed E-state index contributed by atoms with van der Waals surface area (Å²) in [5.41, 5.74) is 7.02. The van der Waals surface area contributed by atoms with Gasteiger partial charge in [-0.2, -0.15) is 0 Å². The molecule has 0 atom stereocenters. The van der Waals surface area contributed by atoms with Crippen LogP contribution in [0.1, 0.15) is 44.0 Å². The molecule has 184 valence electrons. The molecule has 0 aliphatic carbocycles. The lowest BCUT2D eigenvalue weighted by Gasteiger charge is -2.30. The number of hydrogen-bond acceptors (Lipinski definition) is 5. The standard InChI is InChI=1S/C28H27N3O4S/c1-15-10-11-23(16(2)12-15)31-26(33)22(25(32)29-28(31)36)14-20-13-17(3)30(19(20)5)24-9-7-8-21(18(24)4)27(34)35-6/h7-14H,1-6H3,(H,29,32,36)/b22-14+. The van der Waals surface area contributed by atoms with Gasteiger partial charge < -0.3 is 9.30 Å². The fraction of sp³-hybridized carbons (Fsp3) is 0.214. The first kappa shape index (κ1) is 25.1. The number of thiocarbonyl (C=S) groups is 1. The van der Waals surface area contributed by atoms with Crippen molar-refractivity contribution in [3.05, 3.63) is 87.2 Å². The number of benzene rings is 2. The molecule has 7 nitrogen and oxygen atoms in total. The Hall–Kier alpha value is -4.04. The van der Waals surface area contributed by atoms with Crippen molar-refractivity contribution in [2.75, 3.05) is 12.0 Å². The van der Waals surface area contributed by atoms with Gasteiger partial charge in [-0.1, -0.05) is 23.8 Å². The number of nitrogens with zero attached hydrogens (tertiary/aromatic N) is 2. The lowest BCUT2D eigenvalue weighted by molar-refractivity contribution is -0.122. The van der Waals surface area contributed by atoms with Gasteiger partial charge in [0.25, 0.3) is 11.8 Å². The summed E-state index contributed by atoms with van der Waals surface area (Å²) in [4.78, 5) is 39.9. The summed E-state index contributed by atoms with van der Waals surface area (Å²) in [5.74, 6) is -1.44. The highest BCUT2D eigenvalue weighted by atomic mass is 32.1. The van der Waals surface area contributed by atoms with E-state index in [0.29, 0.717) is 16.8 Å². The number of nitrogens with one attached hydrogen (secondary N) is 1. The molecule has 2 aromatic carbocycles. The number of anilines is 1. The lowest BCUT2D eigenvalue weighted by Crippen LogP contribution is -2.54. The average molecular weight is 502 g/mol. The largest absolute Gasteiger partial charge is 0.465 e. The summed E-state index contributed by atoms with van der Waals surface area (Å²) in [5, 5.41) is 2.70. The summed E-state index contributed by atoms with van der Waals surface area (Å²) in [7, 11) is 1.35. The monoisotopic (exact) mass is 501 g/mol. The molecule has 1 saturated heterocycles. The van der Waals surface area contributed by atoms with Gasteiger partial charge in [-0.15, -0.1) is 0 Å². The molecule has 8 heteroatoms. The second-order valence-electron chi connectivity index (χ2n) is 8.85. The number of aryl methyl sites for hydroxylation is 3. The summed E-state index contributed by atoms with van der Waals surface area (Å²) in [6.45, 7) is 9.56. The molecule has 1 N–H and O–H groups in total. The van der Waals surface area contributed by atoms with Crippen molar-refractivity contribution in [2.45, 2.75) is 34.6 Å². The Labute approximate surface area is 215 Å². The van der Waals surface area contributed by atoms with Crippen molar-refractivity contribution in [3.63, 3.8) is 0 Å². The summed E-state index contributed by atoms with van der Waals surface area (Å²) < 4.78 is 6.91. The minimum atomic E-state index is -0.542. The fourth-order valence-electron chi connectivity index (χ4n) is 4.59. The molecule has 4 rings (SSSR count). The maximum Gasteiger partial charge on any atom is 0.338 e. The molecular weight excluding hydrogens is 474 g/mol. The van der Waals surface area contributed by atoms with Gasteiger partial charge in [-0.05, 0) is 93.9 Å². The zero-order chi connectivity index (χ0) is 26.3. The molecule has 2 amide bonds. The van der Waals surface area contributed by atoms with Crippen molar-refractivity contribution in [2.24, 2.45) is 0 Å². The van der Waals surface area contributed by atoms with E-state index in [1.54, 1.807) is 18.2 Å². The SMILES string of the molecule is COC(=O)c1cccc(-n2c(C)cc(/C=C3\C(=O)NC(=S)N(c4ccc(C)cc4C)C3=O)c2C)c1C.